The number of aliphatic carboxylic acids is 1. The van der Waals surface area contributed by atoms with E-state index in [4.69, 9.17) is 4.74 Å². The number of piperidine rings is 1. The van der Waals surface area contributed by atoms with E-state index in [2.05, 4.69) is 19.9 Å². The minimum absolute atomic E-state index is 0.365. The van der Waals surface area contributed by atoms with Crippen molar-refractivity contribution in [1.82, 2.24) is 15.0 Å². The third-order valence-electron chi connectivity index (χ3n) is 5.00. The molecule has 0 spiro atoms. The summed E-state index contributed by atoms with van der Waals surface area (Å²) in [5, 5.41) is 10.8. The van der Waals surface area contributed by atoms with Crippen LogP contribution in [0.5, 0.6) is 5.75 Å². The Morgan fingerprint density at radius 2 is 1.89 bits per heavy atom. The second-order valence-electron chi connectivity index (χ2n) is 6.71. The first-order valence-electron chi connectivity index (χ1n) is 8.87. The monoisotopic (exact) mass is 364 g/mol. The van der Waals surface area contributed by atoms with Crippen molar-refractivity contribution in [3.8, 4) is 5.75 Å². The smallest absolute Gasteiger partial charge is 0.348 e. The Morgan fingerprint density at radius 3 is 2.63 bits per heavy atom. The number of pyridine rings is 1. The molecule has 1 N–H and O–H groups in total. The lowest BCUT2D eigenvalue weighted by Crippen LogP contribution is -2.53. The molecule has 0 aliphatic carbocycles. The normalized spacial score (nSPS) is 16.3. The number of anilines is 1. The molecular weight excluding hydrogens is 344 g/mol. The van der Waals surface area contributed by atoms with Gasteiger partial charge in [0.15, 0.2) is 0 Å². The fraction of sp³-hybridized carbons (Fsp3) is 0.300. The van der Waals surface area contributed by atoms with Gasteiger partial charge in [-0.1, -0.05) is 6.07 Å². The molecule has 7 heteroatoms. The third kappa shape index (κ3) is 3.28. The van der Waals surface area contributed by atoms with E-state index < -0.39 is 11.6 Å². The molecule has 3 heterocycles. The second kappa shape index (κ2) is 6.83. The molecule has 4 rings (SSSR count). The average molecular weight is 364 g/mol. The fourth-order valence-electron chi connectivity index (χ4n) is 3.49. The first-order valence-corrected chi connectivity index (χ1v) is 8.87. The van der Waals surface area contributed by atoms with Crippen molar-refractivity contribution in [3.05, 3.63) is 54.6 Å². The van der Waals surface area contributed by atoms with Crippen molar-refractivity contribution >= 4 is 22.7 Å². The number of carboxylic acids is 1. The molecule has 1 aliphatic rings. The maximum atomic E-state index is 12.1. The Morgan fingerprint density at radius 1 is 1.11 bits per heavy atom. The maximum absolute atomic E-state index is 12.1. The SMILES string of the molecule is Cc1nccnc1N1CCC(Oc2ccc3ncccc3c2)(C(=O)O)CC1. The first-order chi connectivity index (χ1) is 13.1. The van der Waals surface area contributed by atoms with E-state index in [1.807, 2.05) is 31.2 Å². The summed E-state index contributed by atoms with van der Waals surface area (Å²) in [6.45, 7) is 2.99. The Balaban J connectivity index is 1.55. The summed E-state index contributed by atoms with van der Waals surface area (Å²) in [5.41, 5.74) is 0.438. The van der Waals surface area contributed by atoms with Gasteiger partial charge in [0.2, 0.25) is 5.60 Å². The zero-order chi connectivity index (χ0) is 18.9. The molecule has 2 aromatic heterocycles. The van der Waals surface area contributed by atoms with Crippen molar-refractivity contribution in [2.75, 3.05) is 18.0 Å². The molecule has 1 aliphatic heterocycles. The molecular formula is C20H20N4O3. The number of fused-ring (bicyclic) bond motifs is 1. The van der Waals surface area contributed by atoms with Crippen LogP contribution < -0.4 is 9.64 Å². The van der Waals surface area contributed by atoms with Gasteiger partial charge in [0.1, 0.15) is 11.6 Å². The van der Waals surface area contributed by atoms with Gasteiger partial charge in [-0.05, 0) is 31.2 Å². The number of aromatic nitrogens is 3. The molecule has 138 valence electrons. The highest BCUT2D eigenvalue weighted by Gasteiger charge is 2.44. The topological polar surface area (TPSA) is 88.4 Å². The van der Waals surface area contributed by atoms with Crippen LogP contribution in [0, 0.1) is 6.92 Å². The van der Waals surface area contributed by atoms with E-state index >= 15 is 0 Å². The molecule has 3 aromatic rings. The van der Waals surface area contributed by atoms with E-state index in [-0.39, 0.29) is 0 Å². The summed E-state index contributed by atoms with van der Waals surface area (Å²) in [4.78, 5) is 27.1. The van der Waals surface area contributed by atoms with Crippen LogP contribution in [0.2, 0.25) is 0 Å². The highest BCUT2D eigenvalue weighted by molar-refractivity contribution is 5.81. The van der Waals surface area contributed by atoms with Crippen molar-refractivity contribution in [3.63, 3.8) is 0 Å². The van der Waals surface area contributed by atoms with Crippen LogP contribution in [-0.2, 0) is 4.79 Å². The summed E-state index contributed by atoms with van der Waals surface area (Å²) in [5.74, 6) is 0.402. The predicted octanol–water partition coefficient (Wildman–Crippen LogP) is 2.84. The van der Waals surface area contributed by atoms with Crippen LogP contribution in [0.4, 0.5) is 5.82 Å². The second-order valence-corrected chi connectivity index (χ2v) is 6.71. The van der Waals surface area contributed by atoms with Crippen molar-refractivity contribution in [1.29, 1.82) is 0 Å². The molecule has 1 fully saturated rings. The molecule has 0 atom stereocenters. The van der Waals surface area contributed by atoms with Gasteiger partial charge >= 0.3 is 5.97 Å². The molecule has 0 unspecified atom stereocenters. The van der Waals surface area contributed by atoms with E-state index in [9.17, 15) is 9.90 Å². The van der Waals surface area contributed by atoms with Gasteiger partial charge in [0.05, 0.1) is 11.2 Å². The lowest BCUT2D eigenvalue weighted by molar-refractivity contribution is -0.157. The molecule has 27 heavy (non-hydrogen) atoms. The summed E-state index contributed by atoms with van der Waals surface area (Å²) >= 11 is 0. The number of rotatable bonds is 4. The number of carboxylic acid groups (broad SMARTS) is 1. The molecule has 0 saturated carbocycles. The zero-order valence-electron chi connectivity index (χ0n) is 15.0. The first kappa shape index (κ1) is 17.2. The van der Waals surface area contributed by atoms with Gasteiger partial charge in [-0.2, -0.15) is 0 Å². The summed E-state index contributed by atoms with van der Waals surface area (Å²) in [7, 11) is 0. The minimum Gasteiger partial charge on any atom is -0.478 e. The summed E-state index contributed by atoms with van der Waals surface area (Å²) in [6, 6.07) is 9.24. The van der Waals surface area contributed by atoms with Crippen molar-refractivity contribution in [2.24, 2.45) is 0 Å². The number of carbonyl (C=O) groups is 1. The van der Waals surface area contributed by atoms with Gasteiger partial charge in [-0.15, -0.1) is 0 Å². The average Bonchev–Trinajstić information content (AvgIpc) is 2.69. The molecule has 7 nitrogen and oxygen atoms in total. The number of benzene rings is 1. The van der Waals surface area contributed by atoms with Gasteiger partial charge < -0.3 is 14.7 Å². The van der Waals surface area contributed by atoms with Crippen LogP contribution in [0.3, 0.4) is 0 Å². The van der Waals surface area contributed by atoms with E-state index in [1.54, 1.807) is 24.7 Å². The van der Waals surface area contributed by atoms with Gasteiger partial charge in [0, 0.05) is 49.9 Å². The number of nitrogens with zero attached hydrogens (tertiary/aromatic N) is 4. The summed E-state index contributed by atoms with van der Waals surface area (Å²) < 4.78 is 6.04. The van der Waals surface area contributed by atoms with Gasteiger partial charge in [0.25, 0.3) is 0 Å². The van der Waals surface area contributed by atoms with E-state index in [0.29, 0.717) is 31.7 Å². The molecule has 0 amide bonds. The van der Waals surface area contributed by atoms with Gasteiger partial charge in [-0.25, -0.2) is 9.78 Å². The Kier molecular flexibility index (Phi) is 4.35. The van der Waals surface area contributed by atoms with E-state index in [1.165, 1.54) is 0 Å². The largest absolute Gasteiger partial charge is 0.478 e. The fourth-order valence-corrected chi connectivity index (χ4v) is 3.49. The Bertz CT molecular complexity index is 984. The lowest BCUT2D eigenvalue weighted by atomic mass is 9.91. The lowest BCUT2D eigenvalue weighted by Gasteiger charge is -2.39. The van der Waals surface area contributed by atoms with Crippen molar-refractivity contribution < 1.29 is 14.6 Å². The Hall–Kier alpha value is -3.22. The summed E-state index contributed by atoms with van der Waals surface area (Å²) in [6.07, 6.45) is 5.77. The maximum Gasteiger partial charge on any atom is 0.348 e. The standard InChI is InChI=1S/C20H20N4O3/c1-14-18(23-10-9-21-14)24-11-6-20(7-12-24,19(25)26)27-16-4-5-17-15(13-16)3-2-8-22-17/h2-5,8-10,13H,6-7,11-12H2,1H3,(H,25,26). The van der Waals surface area contributed by atoms with Crippen LogP contribution in [0.1, 0.15) is 18.5 Å². The Labute approximate surface area is 156 Å². The van der Waals surface area contributed by atoms with Crippen LogP contribution in [0.25, 0.3) is 10.9 Å². The molecule has 1 saturated heterocycles. The highest BCUT2D eigenvalue weighted by Crippen LogP contribution is 2.32. The third-order valence-corrected chi connectivity index (χ3v) is 5.00. The van der Waals surface area contributed by atoms with Crippen LogP contribution in [0.15, 0.2) is 48.9 Å². The number of hydrogen-bond donors (Lipinski definition) is 1. The number of ether oxygens (including phenoxy) is 1. The zero-order valence-corrected chi connectivity index (χ0v) is 15.0. The predicted molar refractivity (Wildman–Crippen MR) is 101 cm³/mol. The van der Waals surface area contributed by atoms with Crippen LogP contribution >= 0.6 is 0 Å². The quantitative estimate of drug-likeness (QED) is 0.761. The van der Waals surface area contributed by atoms with E-state index in [0.717, 1.165) is 22.4 Å². The molecule has 0 bridgehead atoms. The number of aryl methyl sites for hydroxylation is 1. The molecule has 1 aromatic carbocycles. The highest BCUT2D eigenvalue weighted by atomic mass is 16.5. The number of hydrogen-bond acceptors (Lipinski definition) is 6. The van der Waals surface area contributed by atoms with Gasteiger partial charge in [-0.3, -0.25) is 9.97 Å². The van der Waals surface area contributed by atoms with Crippen molar-refractivity contribution in [2.45, 2.75) is 25.4 Å². The van der Waals surface area contributed by atoms with Crippen LogP contribution in [-0.4, -0.2) is 44.7 Å². The minimum atomic E-state index is -1.25. The molecule has 0 radical (unpaired) electrons.